The highest BCUT2D eigenvalue weighted by molar-refractivity contribution is 4.92. The lowest BCUT2D eigenvalue weighted by Gasteiger charge is -2.41. The predicted octanol–water partition coefficient (Wildman–Crippen LogP) is 1.98. The highest BCUT2D eigenvalue weighted by Crippen LogP contribution is 2.40. The number of hydrogen-bond donors (Lipinski definition) is 1. The average molecular weight is 228 g/mol. The number of hydrogen-bond acceptors (Lipinski definition) is 3. The molecule has 4 unspecified atom stereocenters. The van der Waals surface area contributed by atoms with Gasteiger partial charge in [0.25, 0.3) is 0 Å². The summed E-state index contributed by atoms with van der Waals surface area (Å²) in [5, 5.41) is 9.82. The van der Waals surface area contributed by atoms with Gasteiger partial charge in [0.1, 0.15) is 0 Å². The first-order valence-electron chi connectivity index (χ1n) is 6.56. The van der Waals surface area contributed by atoms with Crippen LogP contribution in [0.2, 0.25) is 0 Å². The Morgan fingerprint density at radius 2 is 2.25 bits per heavy atom. The molecule has 0 aromatic rings. The summed E-state index contributed by atoms with van der Waals surface area (Å²) in [5.74, 6) is 1.02. The first-order valence-corrected chi connectivity index (χ1v) is 6.56. The minimum absolute atomic E-state index is 0.0226. The second-order valence-electron chi connectivity index (χ2n) is 5.40. The van der Waals surface area contributed by atoms with Gasteiger partial charge in [0.05, 0.1) is 18.3 Å². The molecule has 2 fully saturated rings. The SMILES string of the molecule is CCC(C(C)O)C1CCOC2(CCOC2)C1. The molecule has 4 atom stereocenters. The maximum atomic E-state index is 9.82. The zero-order valence-electron chi connectivity index (χ0n) is 10.4. The fraction of sp³-hybridized carbons (Fsp3) is 1.00. The third kappa shape index (κ3) is 2.41. The molecule has 0 amide bonds. The molecule has 0 aromatic carbocycles. The van der Waals surface area contributed by atoms with Gasteiger partial charge < -0.3 is 14.6 Å². The first-order chi connectivity index (χ1) is 7.67. The van der Waals surface area contributed by atoms with Crippen molar-refractivity contribution in [1.82, 2.24) is 0 Å². The molecule has 3 nitrogen and oxygen atoms in total. The van der Waals surface area contributed by atoms with Gasteiger partial charge in [-0.2, -0.15) is 0 Å². The van der Waals surface area contributed by atoms with Crippen molar-refractivity contribution in [2.24, 2.45) is 11.8 Å². The Kier molecular flexibility index (Phi) is 3.88. The molecule has 2 rings (SSSR count). The maximum absolute atomic E-state index is 9.82. The standard InChI is InChI=1S/C13H24O3/c1-3-12(10(2)14)11-4-6-16-13(8-11)5-7-15-9-13/h10-12,14H,3-9H2,1-2H3. The van der Waals surface area contributed by atoms with Gasteiger partial charge in [0, 0.05) is 19.6 Å². The van der Waals surface area contributed by atoms with Gasteiger partial charge in [0.15, 0.2) is 0 Å². The number of ether oxygens (including phenoxy) is 2. The van der Waals surface area contributed by atoms with Crippen LogP contribution >= 0.6 is 0 Å². The molecule has 1 N–H and O–H groups in total. The van der Waals surface area contributed by atoms with Gasteiger partial charge in [-0.1, -0.05) is 13.3 Å². The molecular formula is C13H24O3. The second kappa shape index (κ2) is 5.03. The zero-order valence-corrected chi connectivity index (χ0v) is 10.4. The van der Waals surface area contributed by atoms with E-state index in [1.165, 1.54) is 0 Å². The third-order valence-electron chi connectivity index (χ3n) is 4.29. The van der Waals surface area contributed by atoms with Gasteiger partial charge in [-0.25, -0.2) is 0 Å². The summed E-state index contributed by atoms with van der Waals surface area (Å²) < 4.78 is 11.4. The van der Waals surface area contributed by atoms with Crippen molar-refractivity contribution >= 4 is 0 Å². The molecular weight excluding hydrogens is 204 g/mol. The normalized spacial score (nSPS) is 38.8. The van der Waals surface area contributed by atoms with E-state index in [4.69, 9.17) is 9.47 Å². The summed E-state index contributed by atoms with van der Waals surface area (Å²) in [7, 11) is 0. The molecule has 0 aromatic heterocycles. The van der Waals surface area contributed by atoms with Crippen molar-refractivity contribution in [2.45, 2.75) is 51.2 Å². The van der Waals surface area contributed by atoms with Gasteiger partial charge in [-0.3, -0.25) is 0 Å². The van der Waals surface area contributed by atoms with Crippen LogP contribution in [0.4, 0.5) is 0 Å². The summed E-state index contributed by atoms with van der Waals surface area (Å²) in [6, 6.07) is 0. The van der Waals surface area contributed by atoms with Crippen molar-refractivity contribution in [1.29, 1.82) is 0 Å². The minimum Gasteiger partial charge on any atom is -0.393 e. The molecule has 2 aliphatic rings. The van der Waals surface area contributed by atoms with E-state index in [1.54, 1.807) is 0 Å². The van der Waals surface area contributed by atoms with E-state index < -0.39 is 0 Å². The van der Waals surface area contributed by atoms with Crippen LogP contribution in [0.5, 0.6) is 0 Å². The van der Waals surface area contributed by atoms with Gasteiger partial charge in [-0.15, -0.1) is 0 Å². The van der Waals surface area contributed by atoms with E-state index in [-0.39, 0.29) is 11.7 Å². The molecule has 0 aliphatic carbocycles. The number of aliphatic hydroxyl groups is 1. The molecule has 2 aliphatic heterocycles. The van der Waals surface area contributed by atoms with Crippen LogP contribution < -0.4 is 0 Å². The first kappa shape index (κ1) is 12.3. The number of rotatable bonds is 3. The van der Waals surface area contributed by atoms with E-state index in [9.17, 15) is 5.11 Å². The van der Waals surface area contributed by atoms with E-state index in [0.29, 0.717) is 11.8 Å². The Hall–Kier alpha value is -0.120. The summed E-state index contributed by atoms with van der Waals surface area (Å²) in [5.41, 5.74) is -0.0226. The molecule has 2 heterocycles. The van der Waals surface area contributed by atoms with Crippen LogP contribution in [0.25, 0.3) is 0 Å². The van der Waals surface area contributed by atoms with Crippen LogP contribution in [0, 0.1) is 11.8 Å². The van der Waals surface area contributed by atoms with Crippen LogP contribution in [0.3, 0.4) is 0 Å². The molecule has 1 spiro atoms. The molecule has 0 radical (unpaired) electrons. The molecule has 0 saturated carbocycles. The molecule has 0 bridgehead atoms. The lowest BCUT2D eigenvalue weighted by Crippen LogP contribution is -2.43. The van der Waals surface area contributed by atoms with Crippen LogP contribution in [-0.2, 0) is 9.47 Å². The smallest absolute Gasteiger partial charge is 0.0939 e. The van der Waals surface area contributed by atoms with Crippen LogP contribution in [-0.4, -0.2) is 36.6 Å². The lowest BCUT2D eigenvalue weighted by molar-refractivity contribution is -0.114. The Morgan fingerprint density at radius 3 is 2.81 bits per heavy atom. The summed E-state index contributed by atoms with van der Waals surface area (Å²) in [4.78, 5) is 0. The van der Waals surface area contributed by atoms with Crippen molar-refractivity contribution in [2.75, 3.05) is 19.8 Å². The van der Waals surface area contributed by atoms with Gasteiger partial charge in [0.2, 0.25) is 0 Å². The largest absolute Gasteiger partial charge is 0.393 e. The Balaban J connectivity index is 2.00. The van der Waals surface area contributed by atoms with Crippen molar-refractivity contribution in [3.63, 3.8) is 0 Å². The topological polar surface area (TPSA) is 38.7 Å². The highest BCUT2D eigenvalue weighted by Gasteiger charge is 2.43. The molecule has 3 heteroatoms. The fourth-order valence-electron chi connectivity index (χ4n) is 3.36. The number of aliphatic hydroxyl groups excluding tert-OH is 1. The van der Waals surface area contributed by atoms with Crippen molar-refractivity contribution in [3.05, 3.63) is 0 Å². The molecule has 94 valence electrons. The van der Waals surface area contributed by atoms with E-state index in [1.807, 2.05) is 6.92 Å². The van der Waals surface area contributed by atoms with E-state index >= 15 is 0 Å². The Bertz CT molecular complexity index is 221. The predicted molar refractivity (Wildman–Crippen MR) is 62.3 cm³/mol. The molecule has 2 saturated heterocycles. The third-order valence-corrected chi connectivity index (χ3v) is 4.29. The second-order valence-corrected chi connectivity index (χ2v) is 5.40. The average Bonchev–Trinajstić information content (AvgIpc) is 2.67. The summed E-state index contributed by atoms with van der Waals surface area (Å²) in [6.07, 6.45) is 4.04. The Labute approximate surface area is 98.1 Å². The molecule has 16 heavy (non-hydrogen) atoms. The van der Waals surface area contributed by atoms with E-state index in [2.05, 4.69) is 6.92 Å². The minimum atomic E-state index is -0.201. The lowest BCUT2D eigenvalue weighted by atomic mass is 9.75. The van der Waals surface area contributed by atoms with Crippen molar-refractivity contribution in [3.8, 4) is 0 Å². The maximum Gasteiger partial charge on any atom is 0.0939 e. The Morgan fingerprint density at radius 1 is 1.44 bits per heavy atom. The van der Waals surface area contributed by atoms with Crippen LogP contribution in [0.1, 0.15) is 39.5 Å². The summed E-state index contributed by atoms with van der Waals surface area (Å²) >= 11 is 0. The zero-order chi connectivity index (χ0) is 11.6. The quantitative estimate of drug-likeness (QED) is 0.802. The van der Waals surface area contributed by atoms with Crippen LogP contribution in [0.15, 0.2) is 0 Å². The van der Waals surface area contributed by atoms with E-state index in [0.717, 1.165) is 45.5 Å². The van der Waals surface area contributed by atoms with Gasteiger partial charge in [-0.05, 0) is 31.6 Å². The highest BCUT2D eigenvalue weighted by atomic mass is 16.6. The monoisotopic (exact) mass is 228 g/mol. The summed E-state index contributed by atoms with van der Waals surface area (Å²) in [6.45, 7) is 6.50. The fourth-order valence-corrected chi connectivity index (χ4v) is 3.36. The van der Waals surface area contributed by atoms with Crippen molar-refractivity contribution < 1.29 is 14.6 Å². The van der Waals surface area contributed by atoms with Gasteiger partial charge >= 0.3 is 0 Å².